The summed E-state index contributed by atoms with van der Waals surface area (Å²) in [6.45, 7) is 0.384. The number of benzene rings is 2. The van der Waals surface area contributed by atoms with Crippen LogP contribution in [0, 0.1) is 11.3 Å². The van der Waals surface area contributed by atoms with Crippen molar-refractivity contribution in [3.63, 3.8) is 0 Å². The van der Waals surface area contributed by atoms with E-state index in [1.54, 1.807) is 29.2 Å². The van der Waals surface area contributed by atoms with Crippen molar-refractivity contribution in [1.82, 2.24) is 0 Å². The zero-order valence-electron chi connectivity index (χ0n) is 12.0. The van der Waals surface area contributed by atoms with Gasteiger partial charge in [0.2, 0.25) is 5.91 Å². The number of rotatable bonds is 6. The highest BCUT2D eigenvalue weighted by Crippen LogP contribution is 2.22. The first kappa shape index (κ1) is 15.9. The molecule has 2 rings (SSSR count). The first-order chi connectivity index (χ1) is 10.7. The maximum atomic E-state index is 12.4. The Morgan fingerprint density at radius 1 is 1.14 bits per heavy atom. The summed E-state index contributed by atoms with van der Waals surface area (Å²) in [6.07, 6.45) is 0.296. The van der Waals surface area contributed by atoms with Gasteiger partial charge in [-0.1, -0.05) is 18.2 Å². The van der Waals surface area contributed by atoms with Crippen LogP contribution in [0.2, 0.25) is 0 Å². The highest BCUT2D eigenvalue weighted by Gasteiger charge is 2.15. The normalized spacial score (nSPS) is 9.95. The topological polar surface area (TPSA) is 64.3 Å². The standard InChI is InChI=1S/C17H16N2O2S/c18-11-4-12-19(14-5-2-1-3-6-14)17(21)13-22-16-9-7-15(20)8-10-16/h1-3,5-10,20H,4,12-13H2. The number of nitrogens with zero attached hydrogens (tertiary/aromatic N) is 2. The number of hydrogen-bond acceptors (Lipinski definition) is 4. The van der Waals surface area contributed by atoms with Crippen molar-refractivity contribution in [2.45, 2.75) is 11.3 Å². The molecular weight excluding hydrogens is 296 g/mol. The van der Waals surface area contributed by atoms with Crippen LogP contribution >= 0.6 is 11.8 Å². The van der Waals surface area contributed by atoms with Gasteiger partial charge in [-0.2, -0.15) is 5.26 Å². The SMILES string of the molecule is N#CCCN(C(=O)CSc1ccc(O)cc1)c1ccccc1. The fourth-order valence-corrected chi connectivity index (χ4v) is 2.71. The summed E-state index contributed by atoms with van der Waals surface area (Å²) in [5.41, 5.74) is 0.800. The number of aromatic hydroxyl groups is 1. The molecule has 4 nitrogen and oxygen atoms in total. The molecule has 112 valence electrons. The van der Waals surface area contributed by atoms with E-state index in [-0.39, 0.29) is 17.4 Å². The van der Waals surface area contributed by atoms with Crippen LogP contribution in [-0.4, -0.2) is 23.3 Å². The summed E-state index contributed by atoms with van der Waals surface area (Å²) < 4.78 is 0. The molecule has 0 aliphatic heterocycles. The highest BCUT2D eigenvalue weighted by molar-refractivity contribution is 8.00. The summed E-state index contributed by atoms with van der Waals surface area (Å²) in [5.74, 6) is 0.445. The molecule has 1 N–H and O–H groups in total. The molecule has 0 aliphatic rings. The molecule has 2 aromatic carbocycles. The summed E-state index contributed by atoms with van der Waals surface area (Å²) in [5, 5.41) is 18.0. The van der Waals surface area contributed by atoms with Gasteiger partial charge in [-0.25, -0.2) is 0 Å². The Balaban J connectivity index is 2.02. The Morgan fingerprint density at radius 2 is 1.82 bits per heavy atom. The number of anilines is 1. The lowest BCUT2D eigenvalue weighted by Crippen LogP contribution is -2.33. The number of thioether (sulfide) groups is 1. The second kappa shape index (κ2) is 8.11. The zero-order valence-corrected chi connectivity index (χ0v) is 12.8. The Bertz CT molecular complexity index is 651. The van der Waals surface area contributed by atoms with Crippen molar-refractivity contribution >= 4 is 23.4 Å². The van der Waals surface area contributed by atoms with Crippen molar-refractivity contribution in [1.29, 1.82) is 5.26 Å². The van der Waals surface area contributed by atoms with Crippen LogP contribution < -0.4 is 4.90 Å². The van der Waals surface area contributed by atoms with Crippen molar-refractivity contribution in [2.75, 3.05) is 17.2 Å². The van der Waals surface area contributed by atoms with Crippen molar-refractivity contribution < 1.29 is 9.90 Å². The summed E-state index contributed by atoms with van der Waals surface area (Å²) in [4.78, 5) is 15.0. The second-order valence-electron chi connectivity index (χ2n) is 4.57. The largest absolute Gasteiger partial charge is 0.508 e. The lowest BCUT2D eigenvalue weighted by atomic mass is 10.2. The van der Waals surface area contributed by atoms with Crippen LogP contribution in [0.25, 0.3) is 0 Å². The number of hydrogen-bond donors (Lipinski definition) is 1. The predicted molar refractivity (Wildman–Crippen MR) is 87.9 cm³/mol. The van der Waals surface area contributed by atoms with Crippen molar-refractivity contribution in [2.24, 2.45) is 0 Å². The van der Waals surface area contributed by atoms with Crippen molar-refractivity contribution in [3.05, 3.63) is 54.6 Å². The molecule has 0 unspecified atom stereocenters. The monoisotopic (exact) mass is 312 g/mol. The van der Waals surface area contributed by atoms with Crippen LogP contribution in [0.15, 0.2) is 59.5 Å². The van der Waals surface area contributed by atoms with Gasteiger partial charge in [0, 0.05) is 17.1 Å². The molecule has 2 aromatic rings. The summed E-state index contributed by atoms with van der Waals surface area (Å²) in [7, 11) is 0. The Morgan fingerprint density at radius 3 is 2.45 bits per heavy atom. The smallest absolute Gasteiger partial charge is 0.237 e. The molecule has 0 radical (unpaired) electrons. The molecule has 0 aromatic heterocycles. The molecule has 0 saturated heterocycles. The minimum absolute atomic E-state index is 0.0421. The van der Waals surface area contributed by atoms with E-state index < -0.39 is 0 Å². The Hall–Kier alpha value is -2.45. The van der Waals surface area contributed by atoms with Gasteiger partial charge >= 0.3 is 0 Å². The molecule has 22 heavy (non-hydrogen) atoms. The third-order valence-corrected chi connectivity index (χ3v) is 4.01. The van der Waals surface area contributed by atoms with E-state index in [9.17, 15) is 9.90 Å². The average molecular weight is 312 g/mol. The fraction of sp³-hybridized carbons (Fsp3) is 0.176. The lowest BCUT2D eigenvalue weighted by molar-refractivity contribution is -0.116. The average Bonchev–Trinajstić information content (AvgIpc) is 2.55. The molecule has 0 fully saturated rings. The minimum atomic E-state index is -0.0421. The lowest BCUT2D eigenvalue weighted by Gasteiger charge is -2.21. The molecule has 0 heterocycles. The molecule has 0 bridgehead atoms. The number of nitriles is 1. The third-order valence-electron chi connectivity index (χ3n) is 3.02. The molecule has 5 heteroatoms. The molecule has 1 amide bonds. The number of carbonyl (C=O) groups excluding carboxylic acids is 1. The second-order valence-corrected chi connectivity index (χ2v) is 5.62. The van der Waals surface area contributed by atoms with Gasteiger partial charge < -0.3 is 10.0 Å². The van der Waals surface area contributed by atoms with Gasteiger partial charge in [-0.15, -0.1) is 11.8 Å². The van der Waals surface area contributed by atoms with E-state index in [4.69, 9.17) is 5.26 Å². The maximum absolute atomic E-state index is 12.4. The van der Waals surface area contributed by atoms with Crippen LogP contribution in [0.3, 0.4) is 0 Å². The van der Waals surface area contributed by atoms with Gasteiger partial charge in [-0.05, 0) is 36.4 Å². The van der Waals surface area contributed by atoms with Crippen LogP contribution in [0.4, 0.5) is 5.69 Å². The van der Waals surface area contributed by atoms with E-state index >= 15 is 0 Å². The van der Waals surface area contributed by atoms with E-state index in [0.717, 1.165) is 10.6 Å². The molecule has 0 saturated carbocycles. The van der Waals surface area contributed by atoms with Gasteiger partial charge in [0.15, 0.2) is 0 Å². The van der Waals surface area contributed by atoms with E-state index in [0.29, 0.717) is 13.0 Å². The number of phenolic OH excluding ortho intramolecular Hbond substituents is 1. The molecule has 0 aliphatic carbocycles. The van der Waals surface area contributed by atoms with E-state index in [2.05, 4.69) is 6.07 Å². The van der Waals surface area contributed by atoms with Gasteiger partial charge in [0.25, 0.3) is 0 Å². The van der Waals surface area contributed by atoms with E-state index in [1.807, 2.05) is 30.3 Å². The predicted octanol–water partition coefficient (Wildman–Crippen LogP) is 3.43. The first-order valence-electron chi connectivity index (χ1n) is 6.85. The van der Waals surface area contributed by atoms with Gasteiger partial charge in [0.05, 0.1) is 18.2 Å². The molecule has 0 atom stereocenters. The summed E-state index contributed by atoms with van der Waals surface area (Å²) in [6, 6.07) is 18.2. The van der Waals surface area contributed by atoms with E-state index in [1.165, 1.54) is 11.8 Å². The van der Waals surface area contributed by atoms with Crippen molar-refractivity contribution in [3.8, 4) is 11.8 Å². The number of phenols is 1. The van der Waals surface area contributed by atoms with Crippen LogP contribution in [0.1, 0.15) is 6.42 Å². The number of amides is 1. The van der Waals surface area contributed by atoms with Gasteiger partial charge in [0.1, 0.15) is 5.75 Å². The molecular formula is C17H16N2O2S. The Kier molecular flexibility index (Phi) is 5.87. The third kappa shape index (κ3) is 4.54. The molecule has 0 spiro atoms. The highest BCUT2D eigenvalue weighted by atomic mass is 32.2. The van der Waals surface area contributed by atoms with Crippen LogP contribution in [0.5, 0.6) is 5.75 Å². The number of carbonyl (C=O) groups is 1. The minimum Gasteiger partial charge on any atom is -0.508 e. The maximum Gasteiger partial charge on any atom is 0.237 e. The van der Waals surface area contributed by atoms with Crippen LogP contribution in [-0.2, 0) is 4.79 Å². The fourth-order valence-electron chi connectivity index (χ4n) is 1.93. The number of para-hydroxylation sites is 1. The first-order valence-corrected chi connectivity index (χ1v) is 7.83. The zero-order chi connectivity index (χ0) is 15.8. The summed E-state index contributed by atoms with van der Waals surface area (Å²) >= 11 is 1.41. The Labute approximate surface area is 134 Å². The quantitative estimate of drug-likeness (QED) is 0.830. The van der Waals surface area contributed by atoms with Gasteiger partial charge in [-0.3, -0.25) is 4.79 Å².